The fourth-order valence-electron chi connectivity index (χ4n) is 2.75. The van der Waals surface area contributed by atoms with E-state index >= 15 is 0 Å². The minimum atomic E-state index is 0.341. The average molecular weight is 287 g/mol. The van der Waals surface area contributed by atoms with Crippen molar-refractivity contribution in [3.05, 3.63) is 40.3 Å². The largest absolute Gasteiger partial charge is 0.380 e. The summed E-state index contributed by atoms with van der Waals surface area (Å²) in [6.45, 7) is 0.846. The zero-order valence-corrected chi connectivity index (χ0v) is 12.0. The molecule has 0 bridgehead atoms. The number of thiophene rings is 1. The van der Waals surface area contributed by atoms with Crippen LogP contribution in [0.5, 0.6) is 0 Å². The first-order valence-electron chi connectivity index (χ1n) is 6.51. The van der Waals surface area contributed by atoms with Crippen molar-refractivity contribution in [1.82, 2.24) is 0 Å². The Labute approximate surface area is 120 Å². The van der Waals surface area contributed by atoms with Gasteiger partial charge in [0.25, 0.3) is 0 Å². The van der Waals surface area contributed by atoms with Gasteiger partial charge < -0.3 is 5.32 Å². The molecule has 19 heavy (non-hydrogen) atoms. The van der Waals surface area contributed by atoms with Crippen molar-refractivity contribution in [2.45, 2.75) is 34.9 Å². The van der Waals surface area contributed by atoms with E-state index in [4.69, 9.17) is 0 Å². The van der Waals surface area contributed by atoms with Crippen molar-refractivity contribution in [3.8, 4) is 0 Å². The van der Waals surface area contributed by atoms with Gasteiger partial charge in [0.1, 0.15) is 0 Å². The summed E-state index contributed by atoms with van der Waals surface area (Å²) in [7, 11) is 0. The van der Waals surface area contributed by atoms with Gasteiger partial charge in [0, 0.05) is 23.5 Å². The second kappa shape index (κ2) is 4.39. The molecule has 0 saturated carbocycles. The Balaban J connectivity index is 1.84. The molecule has 0 radical (unpaired) electrons. The van der Waals surface area contributed by atoms with Gasteiger partial charge in [0.05, 0.1) is 9.09 Å². The number of benzene rings is 1. The molecule has 2 nitrogen and oxygen atoms in total. The fourth-order valence-corrected chi connectivity index (χ4v) is 5.42. The van der Waals surface area contributed by atoms with Crippen molar-refractivity contribution in [2.75, 3.05) is 5.32 Å². The second-order valence-corrected chi connectivity index (χ2v) is 7.24. The van der Waals surface area contributed by atoms with Crippen LogP contribution >= 0.6 is 23.1 Å². The average Bonchev–Trinajstić information content (AvgIpc) is 2.67. The van der Waals surface area contributed by atoms with Crippen LogP contribution < -0.4 is 5.32 Å². The normalized spacial score (nSPS) is 16.9. The number of carbonyl (C=O) groups is 1. The van der Waals surface area contributed by atoms with E-state index in [1.807, 2.05) is 0 Å². The summed E-state index contributed by atoms with van der Waals surface area (Å²) in [4.78, 5) is 14.3. The van der Waals surface area contributed by atoms with E-state index in [0.717, 1.165) is 30.7 Å². The van der Waals surface area contributed by atoms with Gasteiger partial charge >= 0.3 is 0 Å². The lowest BCUT2D eigenvalue weighted by Crippen LogP contribution is -2.10. The summed E-state index contributed by atoms with van der Waals surface area (Å²) in [5, 5.41) is 3.51. The van der Waals surface area contributed by atoms with E-state index in [1.165, 1.54) is 25.9 Å². The van der Waals surface area contributed by atoms with Gasteiger partial charge in [-0.15, -0.1) is 11.3 Å². The molecule has 2 aliphatic rings. The van der Waals surface area contributed by atoms with Crippen LogP contribution in [-0.2, 0) is 13.0 Å². The van der Waals surface area contributed by atoms with Gasteiger partial charge in [0.15, 0.2) is 5.78 Å². The van der Waals surface area contributed by atoms with Crippen LogP contribution in [0.2, 0.25) is 0 Å². The molecule has 0 fully saturated rings. The Hall–Kier alpha value is -1.26. The molecule has 4 rings (SSSR count). The van der Waals surface area contributed by atoms with Crippen LogP contribution in [0, 0.1) is 0 Å². The number of carbonyl (C=O) groups excluding carboxylic acids is 1. The number of Topliss-reactive ketones (excluding diaryl/α,β-unsaturated/α-hetero) is 1. The van der Waals surface area contributed by atoms with Gasteiger partial charge in [-0.05, 0) is 36.1 Å². The molecule has 1 aliphatic heterocycles. The molecule has 96 valence electrons. The van der Waals surface area contributed by atoms with Crippen LogP contribution in [0.1, 0.15) is 33.6 Å². The molecule has 0 amide bonds. The molecular formula is C15H13NOS2. The Morgan fingerprint density at radius 2 is 2.00 bits per heavy atom. The Bertz CT molecular complexity index is 675. The maximum atomic E-state index is 12.0. The minimum Gasteiger partial charge on any atom is -0.380 e. The quantitative estimate of drug-likeness (QED) is 0.781. The molecule has 0 spiro atoms. The maximum Gasteiger partial charge on any atom is 0.173 e. The lowest BCUT2D eigenvalue weighted by atomic mass is 9.95. The highest BCUT2D eigenvalue weighted by atomic mass is 32.2. The van der Waals surface area contributed by atoms with Gasteiger partial charge in [-0.25, -0.2) is 0 Å². The van der Waals surface area contributed by atoms with Crippen molar-refractivity contribution in [1.29, 1.82) is 0 Å². The Morgan fingerprint density at radius 3 is 2.95 bits per heavy atom. The predicted molar refractivity (Wildman–Crippen MR) is 79.5 cm³/mol. The number of nitrogens with one attached hydrogen (secondary N) is 1. The summed E-state index contributed by atoms with van der Waals surface area (Å²) in [6.07, 6.45) is 2.79. The molecule has 0 atom stereocenters. The van der Waals surface area contributed by atoms with Crippen LogP contribution in [0.25, 0.3) is 0 Å². The second-order valence-electron chi connectivity index (χ2n) is 4.90. The van der Waals surface area contributed by atoms with E-state index in [1.54, 1.807) is 23.1 Å². The summed E-state index contributed by atoms with van der Waals surface area (Å²) >= 11 is 3.50. The number of ketones is 1. The summed E-state index contributed by atoms with van der Waals surface area (Å²) in [5.41, 5.74) is 3.87. The highest BCUT2D eigenvalue weighted by molar-refractivity contribution is 8.01. The Kier molecular flexibility index (Phi) is 2.67. The summed E-state index contributed by atoms with van der Waals surface area (Å²) in [6, 6.07) is 8.39. The van der Waals surface area contributed by atoms with Gasteiger partial charge in [-0.3, -0.25) is 4.79 Å². The smallest absolute Gasteiger partial charge is 0.173 e. The van der Waals surface area contributed by atoms with E-state index in [9.17, 15) is 4.79 Å². The number of hydrogen-bond acceptors (Lipinski definition) is 4. The molecule has 2 aromatic rings. The molecule has 1 aromatic carbocycles. The van der Waals surface area contributed by atoms with Crippen molar-refractivity contribution >= 4 is 34.6 Å². The topological polar surface area (TPSA) is 29.1 Å². The molecule has 1 N–H and O–H groups in total. The first-order valence-corrected chi connectivity index (χ1v) is 8.15. The number of anilines is 1. The lowest BCUT2D eigenvalue weighted by Gasteiger charge is -2.12. The fraction of sp³-hybridized carbons (Fsp3) is 0.267. The van der Waals surface area contributed by atoms with Crippen molar-refractivity contribution in [3.63, 3.8) is 0 Å². The SMILES string of the molecule is O=C1CCCc2c1sc1c2CNc2ccccc2S1. The molecule has 1 aliphatic carbocycles. The van der Waals surface area contributed by atoms with Crippen molar-refractivity contribution in [2.24, 2.45) is 0 Å². The van der Waals surface area contributed by atoms with Crippen LogP contribution in [0.3, 0.4) is 0 Å². The number of hydrogen-bond donors (Lipinski definition) is 1. The van der Waals surface area contributed by atoms with Crippen LogP contribution in [0.4, 0.5) is 5.69 Å². The molecule has 2 heterocycles. The van der Waals surface area contributed by atoms with Crippen LogP contribution in [-0.4, -0.2) is 5.78 Å². The zero-order chi connectivity index (χ0) is 12.8. The van der Waals surface area contributed by atoms with Gasteiger partial charge in [-0.2, -0.15) is 0 Å². The molecule has 4 heteroatoms. The summed E-state index contributed by atoms with van der Waals surface area (Å²) in [5.74, 6) is 0.341. The van der Waals surface area contributed by atoms with Crippen molar-refractivity contribution < 1.29 is 4.79 Å². The van der Waals surface area contributed by atoms with E-state index in [2.05, 4.69) is 29.6 Å². The molecule has 1 aromatic heterocycles. The monoisotopic (exact) mass is 287 g/mol. The standard InChI is InChI=1S/C15H13NOS2/c17-12-6-3-4-9-10-8-16-11-5-1-2-7-13(11)18-15(10)19-14(9)12/h1-2,5,7,16H,3-4,6,8H2. The summed E-state index contributed by atoms with van der Waals surface area (Å²) < 4.78 is 1.30. The third-order valence-corrected chi connectivity index (χ3v) is 6.33. The molecular weight excluding hydrogens is 274 g/mol. The molecule has 0 saturated heterocycles. The zero-order valence-electron chi connectivity index (χ0n) is 10.4. The first kappa shape index (κ1) is 11.6. The van der Waals surface area contributed by atoms with E-state index < -0.39 is 0 Å². The minimum absolute atomic E-state index is 0.341. The maximum absolute atomic E-state index is 12.0. The number of rotatable bonds is 0. The third-order valence-electron chi connectivity index (χ3n) is 3.71. The number of para-hydroxylation sites is 1. The van der Waals surface area contributed by atoms with Gasteiger partial charge in [0.2, 0.25) is 0 Å². The number of fused-ring (bicyclic) bond motifs is 4. The molecule has 0 unspecified atom stereocenters. The van der Waals surface area contributed by atoms with Gasteiger partial charge in [-0.1, -0.05) is 23.9 Å². The lowest BCUT2D eigenvalue weighted by molar-refractivity contribution is 0.0977. The van der Waals surface area contributed by atoms with E-state index in [0.29, 0.717) is 5.78 Å². The highest BCUT2D eigenvalue weighted by Gasteiger charge is 2.27. The Morgan fingerprint density at radius 1 is 1.11 bits per heavy atom. The first-order chi connectivity index (χ1) is 9.33. The highest BCUT2D eigenvalue weighted by Crippen LogP contribution is 2.46. The van der Waals surface area contributed by atoms with E-state index in [-0.39, 0.29) is 0 Å². The van der Waals surface area contributed by atoms with Crippen LogP contribution in [0.15, 0.2) is 33.4 Å². The predicted octanol–water partition coefficient (Wildman–Crippen LogP) is 4.34. The third kappa shape index (κ3) is 1.82.